The number of thioether (sulfide) groups is 2. The third-order valence-electron chi connectivity index (χ3n) is 4.51. The number of carbonyl (C=O) groups is 1. The lowest BCUT2D eigenvalue weighted by Gasteiger charge is -2.09. The molecule has 31 heavy (non-hydrogen) atoms. The summed E-state index contributed by atoms with van der Waals surface area (Å²) in [6.45, 7) is 8.35. The summed E-state index contributed by atoms with van der Waals surface area (Å²) in [5.74, 6) is 0.816. The Hall–Kier alpha value is -2.26. The van der Waals surface area contributed by atoms with Gasteiger partial charge in [0.25, 0.3) is 0 Å². The van der Waals surface area contributed by atoms with Crippen molar-refractivity contribution < 1.29 is 4.79 Å². The molecule has 1 amide bonds. The van der Waals surface area contributed by atoms with Crippen LogP contribution in [0.1, 0.15) is 32.8 Å². The number of carbonyl (C=O) groups excluding carboxylic acids is 1. The van der Waals surface area contributed by atoms with E-state index < -0.39 is 0 Å². The number of benzene rings is 1. The Morgan fingerprint density at radius 2 is 1.94 bits per heavy atom. The molecule has 0 aliphatic carbocycles. The maximum Gasteiger partial charge on any atom is 0.224 e. The monoisotopic (exact) mass is 458 g/mol. The highest BCUT2D eigenvalue weighted by Gasteiger charge is 2.13. The average Bonchev–Trinajstić information content (AvgIpc) is 3.16. The maximum atomic E-state index is 12.4. The number of nitrogens with zero attached hydrogens (tertiary/aromatic N) is 4. The number of nitrogens with one attached hydrogen (secondary N) is 2. The largest absolute Gasteiger partial charge is 0.369 e. The number of fused-ring (bicyclic) bond motifs is 1. The minimum atomic E-state index is 0.00505. The summed E-state index contributed by atoms with van der Waals surface area (Å²) in [7, 11) is 0. The minimum Gasteiger partial charge on any atom is -0.369 e. The quantitative estimate of drug-likeness (QED) is 0.328. The van der Waals surface area contributed by atoms with Crippen LogP contribution < -0.4 is 10.6 Å². The maximum absolute atomic E-state index is 12.4. The first kappa shape index (κ1) is 23.4. The Morgan fingerprint density at radius 3 is 2.61 bits per heavy atom. The predicted molar refractivity (Wildman–Crippen MR) is 130 cm³/mol. The fourth-order valence-corrected chi connectivity index (χ4v) is 4.27. The second kappa shape index (κ2) is 11.4. The first-order valence-corrected chi connectivity index (χ1v) is 12.6. The lowest BCUT2D eigenvalue weighted by Crippen LogP contribution is -2.28. The summed E-state index contributed by atoms with van der Waals surface area (Å²) < 4.78 is 1.83. The Kier molecular flexibility index (Phi) is 8.60. The van der Waals surface area contributed by atoms with Crippen molar-refractivity contribution in [1.29, 1.82) is 0 Å². The second-order valence-electron chi connectivity index (χ2n) is 7.43. The van der Waals surface area contributed by atoms with E-state index in [1.165, 1.54) is 16.7 Å². The molecule has 0 aliphatic heterocycles. The first-order valence-electron chi connectivity index (χ1n) is 10.5. The van der Waals surface area contributed by atoms with Crippen molar-refractivity contribution in [2.75, 3.05) is 24.7 Å². The number of hydrogen-bond donors (Lipinski definition) is 2. The van der Waals surface area contributed by atoms with Gasteiger partial charge in [0.15, 0.2) is 10.8 Å². The fraction of sp³-hybridized carbons (Fsp3) is 0.455. The van der Waals surface area contributed by atoms with E-state index in [-0.39, 0.29) is 5.91 Å². The van der Waals surface area contributed by atoms with Crippen LogP contribution >= 0.6 is 23.5 Å². The van der Waals surface area contributed by atoms with E-state index >= 15 is 0 Å². The van der Waals surface area contributed by atoms with Gasteiger partial charge >= 0.3 is 0 Å². The molecule has 9 heteroatoms. The predicted octanol–water partition coefficient (Wildman–Crippen LogP) is 4.23. The van der Waals surface area contributed by atoms with Crippen molar-refractivity contribution >= 4 is 46.3 Å². The number of anilines is 1. The van der Waals surface area contributed by atoms with Crippen LogP contribution in [0.15, 0.2) is 40.5 Å². The van der Waals surface area contributed by atoms with Crippen LogP contribution in [0.2, 0.25) is 0 Å². The molecule has 0 aliphatic rings. The fourth-order valence-electron chi connectivity index (χ4n) is 3.08. The molecule has 0 fully saturated rings. The van der Waals surface area contributed by atoms with E-state index in [1.54, 1.807) is 6.20 Å². The standard InChI is InChI=1S/C22H30N6OS2/c1-5-10-24-20-18-14-25-28(21(18)27-22(26-20)30-4)12-11-23-19(29)13-16-6-8-17(9-7-16)31-15(2)3/h6-9,14-15H,5,10-13H2,1-4H3,(H,23,29)(H,24,26,27). The zero-order chi connectivity index (χ0) is 22.2. The SMILES string of the molecule is CCCNc1nc(SC)nc2c1cnn2CCNC(=O)Cc1ccc(SC(C)C)cc1. The smallest absolute Gasteiger partial charge is 0.224 e. The van der Waals surface area contributed by atoms with E-state index in [1.807, 2.05) is 34.8 Å². The van der Waals surface area contributed by atoms with Crippen LogP contribution in [-0.4, -0.2) is 50.3 Å². The Bertz CT molecular complexity index is 1000. The molecule has 0 radical (unpaired) electrons. The molecule has 7 nitrogen and oxygen atoms in total. The Morgan fingerprint density at radius 1 is 1.16 bits per heavy atom. The van der Waals surface area contributed by atoms with Crippen LogP contribution in [0.3, 0.4) is 0 Å². The Balaban J connectivity index is 1.58. The van der Waals surface area contributed by atoms with Gasteiger partial charge in [0.2, 0.25) is 5.91 Å². The molecule has 0 bridgehead atoms. The van der Waals surface area contributed by atoms with Crippen LogP contribution in [-0.2, 0) is 17.8 Å². The summed E-state index contributed by atoms with van der Waals surface area (Å²) in [5, 5.41) is 13.0. The number of amides is 1. The van der Waals surface area contributed by atoms with Crippen LogP contribution in [0.25, 0.3) is 11.0 Å². The second-order valence-corrected chi connectivity index (χ2v) is 9.85. The van der Waals surface area contributed by atoms with Crippen LogP contribution in [0, 0.1) is 0 Å². The van der Waals surface area contributed by atoms with Crippen molar-refractivity contribution in [2.45, 2.75) is 55.5 Å². The molecule has 0 saturated carbocycles. The molecule has 3 rings (SSSR count). The highest BCUT2D eigenvalue weighted by atomic mass is 32.2. The molecule has 0 unspecified atom stereocenters. The molecule has 3 aromatic rings. The van der Waals surface area contributed by atoms with Gasteiger partial charge in [0.1, 0.15) is 5.82 Å². The number of hydrogen-bond acceptors (Lipinski definition) is 7. The number of rotatable bonds is 11. The van der Waals surface area contributed by atoms with Gasteiger partial charge in [0.05, 0.1) is 24.5 Å². The zero-order valence-electron chi connectivity index (χ0n) is 18.5. The van der Waals surface area contributed by atoms with E-state index in [4.69, 9.17) is 0 Å². The Labute approximate surface area is 192 Å². The van der Waals surface area contributed by atoms with E-state index in [9.17, 15) is 4.79 Å². The third-order valence-corrected chi connectivity index (χ3v) is 6.07. The van der Waals surface area contributed by atoms with Gasteiger partial charge in [0, 0.05) is 23.2 Å². The van der Waals surface area contributed by atoms with E-state index in [0.717, 1.165) is 35.4 Å². The first-order chi connectivity index (χ1) is 15.0. The van der Waals surface area contributed by atoms with Crippen molar-refractivity contribution in [3.63, 3.8) is 0 Å². The molecule has 0 saturated heterocycles. The topological polar surface area (TPSA) is 84.7 Å². The van der Waals surface area contributed by atoms with E-state index in [0.29, 0.717) is 29.9 Å². The molecule has 0 atom stereocenters. The van der Waals surface area contributed by atoms with Gasteiger partial charge in [-0.05, 0) is 30.4 Å². The van der Waals surface area contributed by atoms with Crippen molar-refractivity contribution in [3.8, 4) is 0 Å². The number of aromatic nitrogens is 4. The summed E-state index contributed by atoms with van der Waals surface area (Å²) in [6, 6.07) is 8.21. The lowest BCUT2D eigenvalue weighted by molar-refractivity contribution is -0.120. The highest BCUT2D eigenvalue weighted by molar-refractivity contribution is 7.99. The van der Waals surface area contributed by atoms with Gasteiger partial charge in [-0.3, -0.25) is 4.79 Å². The lowest BCUT2D eigenvalue weighted by atomic mass is 10.1. The van der Waals surface area contributed by atoms with Gasteiger partial charge in [-0.25, -0.2) is 14.6 Å². The van der Waals surface area contributed by atoms with Crippen molar-refractivity contribution in [1.82, 2.24) is 25.1 Å². The molecule has 2 N–H and O–H groups in total. The third kappa shape index (κ3) is 6.61. The molecule has 1 aromatic carbocycles. The molecule has 2 heterocycles. The molecule has 166 valence electrons. The minimum absolute atomic E-state index is 0.00505. The molecule has 0 spiro atoms. The normalized spacial score (nSPS) is 11.3. The van der Waals surface area contributed by atoms with Gasteiger partial charge in [-0.2, -0.15) is 5.10 Å². The molecular weight excluding hydrogens is 428 g/mol. The summed E-state index contributed by atoms with van der Waals surface area (Å²) >= 11 is 3.32. The van der Waals surface area contributed by atoms with Crippen molar-refractivity contribution in [3.05, 3.63) is 36.0 Å². The molecular formula is C22H30N6OS2. The van der Waals surface area contributed by atoms with Crippen LogP contribution in [0.4, 0.5) is 5.82 Å². The summed E-state index contributed by atoms with van der Waals surface area (Å²) in [4.78, 5) is 22.8. The van der Waals surface area contributed by atoms with Gasteiger partial charge in [-0.15, -0.1) is 11.8 Å². The highest BCUT2D eigenvalue weighted by Crippen LogP contribution is 2.24. The summed E-state index contributed by atoms with van der Waals surface area (Å²) in [5.41, 5.74) is 1.80. The molecule has 2 aromatic heterocycles. The van der Waals surface area contributed by atoms with E-state index in [2.05, 4.69) is 58.6 Å². The van der Waals surface area contributed by atoms with Crippen molar-refractivity contribution in [2.24, 2.45) is 0 Å². The summed E-state index contributed by atoms with van der Waals surface area (Å²) in [6.07, 6.45) is 5.13. The van der Waals surface area contributed by atoms with Gasteiger partial charge in [-0.1, -0.05) is 44.7 Å². The van der Waals surface area contributed by atoms with Gasteiger partial charge < -0.3 is 10.6 Å². The zero-order valence-corrected chi connectivity index (χ0v) is 20.1. The average molecular weight is 459 g/mol. The van der Waals surface area contributed by atoms with Crippen LogP contribution in [0.5, 0.6) is 0 Å².